The first-order valence-electron chi connectivity index (χ1n) is 6.03. The van der Waals surface area contributed by atoms with Crippen LogP contribution < -0.4 is 5.32 Å². The molecular formula is C12H23N. The second-order valence-electron chi connectivity index (χ2n) is 5.24. The van der Waals surface area contributed by atoms with Gasteiger partial charge < -0.3 is 5.32 Å². The molecule has 0 spiro atoms. The van der Waals surface area contributed by atoms with Crippen molar-refractivity contribution in [1.29, 1.82) is 0 Å². The minimum atomic E-state index is 0.852. The van der Waals surface area contributed by atoms with Crippen LogP contribution in [0.1, 0.15) is 52.4 Å². The minimum Gasteiger partial charge on any atom is -0.311 e. The molecule has 2 unspecified atom stereocenters. The number of hydrogen-bond acceptors (Lipinski definition) is 1. The van der Waals surface area contributed by atoms with E-state index in [2.05, 4.69) is 19.2 Å². The second kappa shape index (κ2) is 4.00. The topological polar surface area (TPSA) is 12.0 Å². The van der Waals surface area contributed by atoms with E-state index in [4.69, 9.17) is 0 Å². The van der Waals surface area contributed by atoms with Crippen molar-refractivity contribution in [3.8, 4) is 0 Å². The predicted octanol–water partition coefficient (Wildman–Crippen LogP) is 2.95. The largest absolute Gasteiger partial charge is 0.311 e. The number of hydrogen-bond donors (Lipinski definition) is 1. The van der Waals surface area contributed by atoms with Gasteiger partial charge in [0.25, 0.3) is 0 Å². The lowest BCUT2D eigenvalue weighted by Crippen LogP contribution is -2.44. The van der Waals surface area contributed by atoms with E-state index in [1.54, 1.807) is 0 Å². The Morgan fingerprint density at radius 3 is 2.23 bits per heavy atom. The van der Waals surface area contributed by atoms with E-state index >= 15 is 0 Å². The van der Waals surface area contributed by atoms with Crippen molar-refractivity contribution >= 4 is 0 Å². The standard InChI is InChI=1S/C12H23N/c1-9(2)11-7-4-8-12(11)13-10-5-3-6-10/h9-13H,3-8H2,1-2H3. The van der Waals surface area contributed by atoms with Crippen LogP contribution in [0.3, 0.4) is 0 Å². The van der Waals surface area contributed by atoms with E-state index in [0.29, 0.717) is 0 Å². The highest BCUT2D eigenvalue weighted by molar-refractivity contribution is 4.89. The van der Waals surface area contributed by atoms with Crippen LogP contribution >= 0.6 is 0 Å². The summed E-state index contributed by atoms with van der Waals surface area (Å²) in [7, 11) is 0. The van der Waals surface area contributed by atoms with Crippen molar-refractivity contribution in [2.45, 2.75) is 64.5 Å². The van der Waals surface area contributed by atoms with E-state index < -0.39 is 0 Å². The van der Waals surface area contributed by atoms with Crippen LogP contribution in [0.5, 0.6) is 0 Å². The fourth-order valence-electron chi connectivity index (χ4n) is 2.87. The Hall–Kier alpha value is -0.0400. The SMILES string of the molecule is CC(C)C1CCCC1NC1CCC1. The molecule has 76 valence electrons. The summed E-state index contributed by atoms with van der Waals surface area (Å²) >= 11 is 0. The lowest BCUT2D eigenvalue weighted by molar-refractivity contribution is 0.242. The van der Waals surface area contributed by atoms with Gasteiger partial charge in [-0.25, -0.2) is 0 Å². The summed E-state index contributed by atoms with van der Waals surface area (Å²) in [5.74, 6) is 1.83. The van der Waals surface area contributed by atoms with Crippen LogP contribution in [0.25, 0.3) is 0 Å². The second-order valence-corrected chi connectivity index (χ2v) is 5.24. The van der Waals surface area contributed by atoms with E-state index in [1.807, 2.05) is 0 Å². The highest BCUT2D eigenvalue weighted by Crippen LogP contribution is 2.33. The van der Waals surface area contributed by atoms with Crippen LogP contribution in [0, 0.1) is 11.8 Å². The molecule has 2 aliphatic rings. The van der Waals surface area contributed by atoms with Gasteiger partial charge in [-0.05, 0) is 37.5 Å². The molecule has 2 aliphatic carbocycles. The number of nitrogens with one attached hydrogen (secondary N) is 1. The summed E-state index contributed by atoms with van der Waals surface area (Å²) in [6.45, 7) is 4.76. The first-order chi connectivity index (χ1) is 6.27. The van der Waals surface area contributed by atoms with Gasteiger partial charge in [-0.1, -0.05) is 26.7 Å². The van der Waals surface area contributed by atoms with Gasteiger partial charge in [0.2, 0.25) is 0 Å². The van der Waals surface area contributed by atoms with Crippen molar-refractivity contribution < 1.29 is 0 Å². The molecule has 1 N–H and O–H groups in total. The molecule has 2 rings (SSSR count). The third kappa shape index (κ3) is 2.07. The van der Waals surface area contributed by atoms with Gasteiger partial charge in [-0.15, -0.1) is 0 Å². The summed E-state index contributed by atoms with van der Waals surface area (Å²) in [6.07, 6.45) is 8.66. The highest BCUT2D eigenvalue weighted by Gasteiger charge is 2.32. The van der Waals surface area contributed by atoms with Gasteiger partial charge in [-0.2, -0.15) is 0 Å². The molecule has 2 fully saturated rings. The van der Waals surface area contributed by atoms with Crippen molar-refractivity contribution in [2.24, 2.45) is 11.8 Å². The first-order valence-corrected chi connectivity index (χ1v) is 6.03. The Labute approximate surface area is 82.3 Å². The van der Waals surface area contributed by atoms with Crippen molar-refractivity contribution in [2.75, 3.05) is 0 Å². The molecule has 0 radical (unpaired) electrons. The molecule has 1 heteroatoms. The van der Waals surface area contributed by atoms with Crippen LogP contribution in [-0.2, 0) is 0 Å². The molecule has 0 amide bonds. The highest BCUT2D eigenvalue weighted by atomic mass is 15.0. The Morgan fingerprint density at radius 1 is 1.00 bits per heavy atom. The zero-order chi connectivity index (χ0) is 9.26. The molecule has 0 aromatic heterocycles. The van der Waals surface area contributed by atoms with Crippen molar-refractivity contribution in [3.05, 3.63) is 0 Å². The van der Waals surface area contributed by atoms with Gasteiger partial charge in [0.15, 0.2) is 0 Å². The molecule has 2 saturated carbocycles. The zero-order valence-corrected chi connectivity index (χ0v) is 9.05. The quantitative estimate of drug-likeness (QED) is 0.706. The molecule has 1 nitrogen and oxygen atoms in total. The maximum Gasteiger partial charge on any atom is 0.0100 e. The van der Waals surface area contributed by atoms with Crippen LogP contribution in [-0.4, -0.2) is 12.1 Å². The third-order valence-corrected chi connectivity index (χ3v) is 3.98. The van der Waals surface area contributed by atoms with Gasteiger partial charge >= 0.3 is 0 Å². The summed E-state index contributed by atoms with van der Waals surface area (Å²) in [5.41, 5.74) is 0. The summed E-state index contributed by atoms with van der Waals surface area (Å²) in [4.78, 5) is 0. The van der Waals surface area contributed by atoms with Crippen molar-refractivity contribution in [1.82, 2.24) is 5.32 Å². The molecule has 0 aliphatic heterocycles. The van der Waals surface area contributed by atoms with E-state index in [1.165, 1.54) is 38.5 Å². The Bertz CT molecular complexity index is 161. The fourth-order valence-corrected chi connectivity index (χ4v) is 2.87. The normalized spacial score (nSPS) is 35.3. The average Bonchev–Trinajstić information content (AvgIpc) is 2.44. The van der Waals surface area contributed by atoms with Crippen LogP contribution in [0.2, 0.25) is 0 Å². The van der Waals surface area contributed by atoms with Crippen molar-refractivity contribution in [3.63, 3.8) is 0 Å². The first kappa shape index (κ1) is 9.51. The molecule has 0 heterocycles. The van der Waals surface area contributed by atoms with Gasteiger partial charge in [0.1, 0.15) is 0 Å². The summed E-state index contributed by atoms with van der Waals surface area (Å²) in [6, 6.07) is 1.73. The van der Waals surface area contributed by atoms with Crippen LogP contribution in [0.15, 0.2) is 0 Å². The molecule has 0 aromatic carbocycles. The Balaban J connectivity index is 1.82. The summed E-state index contributed by atoms with van der Waals surface area (Å²) < 4.78 is 0. The van der Waals surface area contributed by atoms with Gasteiger partial charge in [0.05, 0.1) is 0 Å². The fraction of sp³-hybridized carbons (Fsp3) is 1.00. The minimum absolute atomic E-state index is 0.852. The molecular weight excluding hydrogens is 158 g/mol. The average molecular weight is 181 g/mol. The van der Waals surface area contributed by atoms with E-state index in [-0.39, 0.29) is 0 Å². The molecule has 0 aromatic rings. The van der Waals surface area contributed by atoms with Gasteiger partial charge in [-0.3, -0.25) is 0 Å². The predicted molar refractivity (Wildman–Crippen MR) is 56.7 cm³/mol. The maximum absolute atomic E-state index is 3.85. The third-order valence-electron chi connectivity index (χ3n) is 3.98. The smallest absolute Gasteiger partial charge is 0.0100 e. The molecule has 13 heavy (non-hydrogen) atoms. The number of rotatable bonds is 3. The lowest BCUT2D eigenvalue weighted by atomic mass is 9.87. The van der Waals surface area contributed by atoms with E-state index in [9.17, 15) is 0 Å². The maximum atomic E-state index is 3.85. The summed E-state index contributed by atoms with van der Waals surface area (Å²) in [5, 5.41) is 3.85. The van der Waals surface area contributed by atoms with Gasteiger partial charge in [0, 0.05) is 12.1 Å². The Kier molecular flexibility index (Phi) is 2.92. The monoisotopic (exact) mass is 181 g/mol. The Morgan fingerprint density at radius 2 is 1.69 bits per heavy atom. The van der Waals surface area contributed by atoms with E-state index in [0.717, 1.165) is 23.9 Å². The molecule has 0 bridgehead atoms. The molecule has 2 atom stereocenters. The lowest BCUT2D eigenvalue weighted by Gasteiger charge is -2.33. The molecule has 0 saturated heterocycles. The van der Waals surface area contributed by atoms with Crippen LogP contribution in [0.4, 0.5) is 0 Å². The zero-order valence-electron chi connectivity index (χ0n) is 9.05.